The van der Waals surface area contributed by atoms with Crippen LogP contribution in [-0.2, 0) is 6.61 Å². The lowest BCUT2D eigenvalue weighted by Crippen LogP contribution is -2.01. The summed E-state index contributed by atoms with van der Waals surface area (Å²) >= 11 is 12.1. The number of halogens is 2. The molecule has 0 fully saturated rings. The van der Waals surface area contributed by atoms with Crippen LogP contribution in [0.1, 0.15) is 24.2 Å². The summed E-state index contributed by atoms with van der Waals surface area (Å²) in [6.07, 6.45) is -0.578. The van der Waals surface area contributed by atoms with Crippen molar-refractivity contribution in [3.8, 4) is 5.75 Å². The largest absolute Gasteiger partial charge is 0.488 e. The summed E-state index contributed by atoms with van der Waals surface area (Å²) in [7, 11) is 0. The monoisotopic (exact) mass is 296 g/mol. The molecule has 2 aromatic rings. The second kappa shape index (κ2) is 6.29. The molecule has 4 heteroatoms. The fourth-order valence-electron chi connectivity index (χ4n) is 1.77. The van der Waals surface area contributed by atoms with Crippen molar-refractivity contribution in [1.29, 1.82) is 0 Å². The third-order valence-corrected chi connectivity index (χ3v) is 3.64. The van der Waals surface area contributed by atoms with Crippen LogP contribution < -0.4 is 4.74 Å². The summed E-state index contributed by atoms with van der Waals surface area (Å²) in [6.45, 7) is 2.01. The number of benzene rings is 2. The van der Waals surface area contributed by atoms with Gasteiger partial charge in [-0.2, -0.15) is 0 Å². The molecular weight excluding hydrogens is 283 g/mol. The molecule has 0 aromatic heterocycles. The van der Waals surface area contributed by atoms with Gasteiger partial charge in [-0.25, -0.2) is 0 Å². The quantitative estimate of drug-likeness (QED) is 0.891. The zero-order chi connectivity index (χ0) is 13.8. The highest BCUT2D eigenvalue weighted by atomic mass is 35.5. The fraction of sp³-hybridized carbons (Fsp3) is 0.200. The van der Waals surface area contributed by atoms with E-state index in [-0.39, 0.29) is 0 Å². The molecule has 0 radical (unpaired) electrons. The summed E-state index contributed by atoms with van der Waals surface area (Å²) in [5.74, 6) is 0.647. The van der Waals surface area contributed by atoms with E-state index in [2.05, 4.69) is 0 Å². The lowest BCUT2D eigenvalue weighted by atomic mass is 10.1. The van der Waals surface area contributed by atoms with E-state index in [4.69, 9.17) is 27.9 Å². The van der Waals surface area contributed by atoms with Crippen molar-refractivity contribution >= 4 is 23.2 Å². The van der Waals surface area contributed by atoms with Gasteiger partial charge in [0.1, 0.15) is 12.4 Å². The zero-order valence-electron chi connectivity index (χ0n) is 10.4. The Morgan fingerprint density at radius 1 is 1.11 bits per heavy atom. The Labute approximate surface area is 122 Å². The number of hydrogen-bond donors (Lipinski definition) is 1. The maximum atomic E-state index is 9.67. The van der Waals surface area contributed by atoms with Gasteiger partial charge in [0.05, 0.1) is 16.1 Å². The van der Waals surface area contributed by atoms with E-state index < -0.39 is 6.10 Å². The van der Waals surface area contributed by atoms with Gasteiger partial charge in [0.25, 0.3) is 0 Å². The molecule has 1 atom stereocenters. The molecule has 0 aliphatic rings. The van der Waals surface area contributed by atoms with Gasteiger partial charge in [-0.15, -0.1) is 0 Å². The topological polar surface area (TPSA) is 29.5 Å². The van der Waals surface area contributed by atoms with E-state index in [1.807, 2.05) is 36.4 Å². The fourth-order valence-corrected chi connectivity index (χ4v) is 2.15. The standard InChI is InChI=1S/C15H14Cl2O2/c1-10(18)12-6-2-3-8-14(12)19-9-11-5-4-7-13(16)15(11)17/h2-8,10,18H,9H2,1H3/t10-/m1/s1. The second-order valence-corrected chi connectivity index (χ2v) is 5.00. The Hall–Kier alpha value is -1.22. The van der Waals surface area contributed by atoms with Crippen molar-refractivity contribution in [2.24, 2.45) is 0 Å². The average molecular weight is 297 g/mol. The summed E-state index contributed by atoms with van der Waals surface area (Å²) in [5.41, 5.74) is 1.57. The van der Waals surface area contributed by atoms with Crippen molar-refractivity contribution in [1.82, 2.24) is 0 Å². The molecule has 100 valence electrons. The van der Waals surface area contributed by atoms with Gasteiger partial charge >= 0.3 is 0 Å². The van der Waals surface area contributed by atoms with Gasteiger partial charge in [0, 0.05) is 11.1 Å². The molecule has 1 N–H and O–H groups in total. The van der Waals surface area contributed by atoms with Gasteiger partial charge in [-0.3, -0.25) is 0 Å². The van der Waals surface area contributed by atoms with Gasteiger partial charge in [0.2, 0.25) is 0 Å². The predicted molar refractivity (Wildman–Crippen MR) is 77.9 cm³/mol. The molecule has 2 aromatic carbocycles. The van der Waals surface area contributed by atoms with Crippen LogP contribution in [0.25, 0.3) is 0 Å². The molecule has 0 saturated heterocycles. The Bertz CT molecular complexity index is 568. The smallest absolute Gasteiger partial charge is 0.125 e. The molecule has 2 rings (SSSR count). The minimum Gasteiger partial charge on any atom is -0.488 e. The minimum atomic E-state index is -0.578. The zero-order valence-corrected chi connectivity index (χ0v) is 11.9. The molecular formula is C15H14Cl2O2. The Morgan fingerprint density at radius 2 is 1.84 bits per heavy atom. The van der Waals surface area contributed by atoms with Crippen LogP contribution in [0.4, 0.5) is 0 Å². The predicted octanol–water partition coefficient (Wildman–Crippen LogP) is 4.63. The third-order valence-electron chi connectivity index (χ3n) is 2.78. The normalized spacial score (nSPS) is 12.2. The maximum absolute atomic E-state index is 9.67. The first-order chi connectivity index (χ1) is 9.09. The second-order valence-electron chi connectivity index (χ2n) is 4.22. The molecule has 0 bridgehead atoms. The first-order valence-corrected chi connectivity index (χ1v) is 6.68. The maximum Gasteiger partial charge on any atom is 0.125 e. The highest BCUT2D eigenvalue weighted by Gasteiger charge is 2.10. The van der Waals surface area contributed by atoms with E-state index in [0.717, 1.165) is 11.1 Å². The molecule has 0 aliphatic heterocycles. The molecule has 0 aliphatic carbocycles. The van der Waals surface area contributed by atoms with E-state index in [9.17, 15) is 5.11 Å². The first kappa shape index (κ1) is 14.2. The number of rotatable bonds is 4. The van der Waals surface area contributed by atoms with Crippen LogP contribution >= 0.6 is 23.2 Å². The number of aliphatic hydroxyl groups excluding tert-OH is 1. The Kier molecular flexibility index (Phi) is 4.70. The van der Waals surface area contributed by atoms with E-state index in [1.165, 1.54) is 0 Å². The van der Waals surface area contributed by atoms with Crippen LogP contribution in [0, 0.1) is 0 Å². The lowest BCUT2D eigenvalue weighted by molar-refractivity contribution is 0.190. The molecule has 0 spiro atoms. The Balaban J connectivity index is 2.17. The van der Waals surface area contributed by atoms with E-state index >= 15 is 0 Å². The van der Waals surface area contributed by atoms with Crippen LogP contribution in [-0.4, -0.2) is 5.11 Å². The van der Waals surface area contributed by atoms with Gasteiger partial charge < -0.3 is 9.84 Å². The summed E-state index contributed by atoms with van der Waals surface area (Å²) in [5, 5.41) is 10.7. The third kappa shape index (κ3) is 3.41. The highest BCUT2D eigenvalue weighted by Crippen LogP contribution is 2.29. The highest BCUT2D eigenvalue weighted by molar-refractivity contribution is 6.42. The molecule has 2 nitrogen and oxygen atoms in total. The van der Waals surface area contributed by atoms with E-state index in [0.29, 0.717) is 22.4 Å². The molecule has 0 unspecified atom stereocenters. The van der Waals surface area contributed by atoms with Crippen molar-refractivity contribution in [3.63, 3.8) is 0 Å². The first-order valence-electron chi connectivity index (χ1n) is 5.92. The molecule has 19 heavy (non-hydrogen) atoms. The summed E-state index contributed by atoms with van der Waals surface area (Å²) < 4.78 is 5.72. The molecule has 0 saturated carbocycles. The molecule has 0 amide bonds. The SMILES string of the molecule is C[C@@H](O)c1ccccc1OCc1cccc(Cl)c1Cl. The van der Waals surface area contributed by atoms with Crippen molar-refractivity contribution in [3.05, 3.63) is 63.6 Å². The van der Waals surface area contributed by atoms with Crippen LogP contribution in [0.2, 0.25) is 10.0 Å². The van der Waals surface area contributed by atoms with Gasteiger partial charge in [0.15, 0.2) is 0 Å². The number of hydrogen-bond acceptors (Lipinski definition) is 2. The van der Waals surface area contributed by atoms with Crippen molar-refractivity contribution < 1.29 is 9.84 Å². The average Bonchev–Trinajstić information content (AvgIpc) is 2.40. The van der Waals surface area contributed by atoms with E-state index in [1.54, 1.807) is 13.0 Å². The van der Waals surface area contributed by atoms with Crippen molar-refractivity contribution in [2.75, 3.05) is 0 Å². The van der Waals surface area contributed by atoms with Gasteiger partial charge in [-0.05, 0) is 19.1 Å². The van der Waals surface area contributed by atoms with Crippen LogP contribution in [0.3, 0.4) is 0 Å². The van der Waals surface area contributed by atoms with Crippen LogP contribution in [0.5, 0.6) is 5.75 Å². The summed E-state index contributed by atoms with van der Waals surface area (Å²) in [6, 6.07) is 12.8. The number of aliphatic hydroxyl groups is 1. The van der Waals surface area contributed by atoms with Gasteiger partial charge in [-0.1, -0.05) is 53.5 Å². The number of para-hydroxylation sites is 1. The Morgan fingerprint density at radius 3 is 2.58 bits per heavy atom. The lowest BCUT2D eigenvalue weighted by Gasteiger charge is -2.14. The minimum absolute atomic E-state index is 0.309. The van der Waals surface area contributed by atoms with Crippen LogP contribution in [0.15, 0.2) is 42.5 Å². The molecule has 0 heterocycles. The number of ether oxygens (including phenoxy) is 1. The summed E-state index contributed by atoms with van der Waals surface area (Å²) in [4.78, 5) is 0. The van der Waals surface area contributed by atoms with Crippen molar-refractivity contribution in [2.45, 2.75) is 19.6 Å².